The molecule has 4 N–H and O–H groups in total. The molecular weight excluding hydrogens is 308 g/mol. The number of carbonyl (C=O) groups is 2. The first-order valence-corrected chi connectivity index (χ1v) is 7.51. The minimum absolute atomic E-state index is 0.125. The Bertz CT molecular complexity index is 634. The molecule has 0 atom stereocenters. The molecule has 0 bridgehead atoms. The van der Waals surface area contributed by atoms with E-state index in [2.05, 4.69) is 0 Å². The van der Waals surface area contributed by atoms with Crippen molar-refractivity contribution in [3.05, 3.63) is 59.7 Å². The number of ether oxygens (including phenoxy) is 2. The van der Waals surface area contributed by atoms with Crippen LogP contribution >= 0.6 is 0 Å². The van der Waals surface area contributed by atoms with Gasteiger partial charge in [0.15, 0.2) is 0 Å². The molecule has 0 aliphatic heterocycles. The molecule has 0 aliphatic rings. The Morgan fingerprint density at radius 1 is 0.792 bits per heavy atom. The first-order valence-electron chi connectivity index (χ1n) is 7.51. The fraction of sp³-hybridized carbons (Fsp3) is 0.222. The number of nitrogen functional groups attached to an aromatic ring is 2. The molecule has 126 valence electrons. The predicted octanol–water partition coefficient (Wildman–Crippen LogP) is 2.50. The Balaban J connectivity index is 1.75. The fourth-order valence-corrected chi connectivity index (χ4v) is 1.89. The molecule has 0 saturated carbocycles. The maximum atomic E-state index is 11.9. The second kappa shape index (κ2) is 8.01. The predicted molar refractivity (Wildman–Crippen MR) is 91.4 cm³/mol. The van der Waals surface area contributed by atoms with Gasteiger partial charge in [-0.3, -0.25) is 0 Å². The van der Waals surface area contributed by atoms with Crippen LogP contribution in [0, 0.1) is 5.92 Å². The summed E-state index contributed by atoms with van der Waals surface area (Å²) >= 11 is 0. The molecule has 0 saturated heterocycles. The molecule has 0 aliphatic carbocycles. The van der Waals surface area contributed by atoms with Crippen LogP contribution in [0.1, 0.15) is 27.6 Å². The van der Waals surface area contributed by atoms with E-state index in [4.69, 9.17) is 20.9 Å². The van der Waals surface area contributed by atoms with Crippen molar-refractivity contribution in [3.63, 3.8) is 0 Å². The van der Waals surface area contributed by atoms with Crippen molar-refractivity contribution in [2.24, 2.45) is 5.92 Å². The van der Waals surface area contributed by atoms with Gasteiger partial charge in [-0.25, -0.2) is 9.59 Å². The lowest BCUT2D eigenvalue weighted by Crippen LogP contribution is -2.18. The Kier molecular flexibility index (Phi) is 5.78. The van der Waals surface area contributed by atoms with Gasteiger partial charge in [-0.2, -0.15) is 0 Å². The van der Waals surface area contributed by atoms with Crippen LogP contribution < -0.4 is 11.5 Å². The molecule has 0 radical (unpaired) electrons. The van der Waals surface area contributed by atoms with E-state index >= 15 is 0 Å². The van der Waals surface area contributed by atoms with E-state index in [9.17, 15) is 9.59 Å². The summed E-state index contributed by atoms with van der Waals surface area (Å²) in [5, 5.41) is 0. The van der Waals surface area contributed by atoms with Crippen LogP contribution in [0.15, 0.2) is 48.5 Å². The summed E-state index contributed by atoms with van der Waals surface area (Å²) < 4.78 is 10.4. The van der Waals surface area contributed by atoms with Crippen LogP contribution in [0.2, 0.25) is 0 Å². The smallest absolute Gasteiger partial charge is 0.338 e. The summed E-state index contributed by atoms with van der Waals surface area (Å²) in [5.74, 6) is -1.00. The number of hydrogen-bond acceptors (Lipinski definition) is 6. The van der Waals surface area contributed by atoms with Crippen LogP contribution in [-0.4, -0.2) is 25.2 Å². The van der Waals surface area contributed by atoms with Gasteiger partial charge in [-0.15, -0.1) is 0 Å². The summed E-state index contributed by atoms with van der Waals surface area (Å²) in [6.45, 7) is 2.13. The fourth-order valence-electron chi connectivity index (χ4n) is 1.89. The average Bonchev–Trinajstić information content (AvgIpc) is 2.58. The van der Waals surface area contributed by atoms with Crippen molar-refractivity contribution in [2.75, 3.05) is 24.7 Å². The molecule has 2 aromatic carbocycles. The van der Waals surface area contributed by atoms with Gasteiger partial charge in [0.2, 0.25) is 0 Å². The van der Waals surface area contributed by atoms with Crippen molar-refractivity contribution >= 4 is 23.3 Å². The van der Waals surface area contributed by atoms with Crippen LogP contribution in [0.4, 0.5) is 11.4 Å². The molecule has 6 nitrogen and oxygen atoms in total. The molecular formula is C18H20N2O4. The van der Waals surface area contributed by atoms with Crippen LogP contribution in [0.5, 0.6) is 0 Å². The number of carbonyl (C=O) groups excluding carboxylic acids is 2. The monoisotopic (exact) mass is 328 g/mol. The van der Waals surface area contributed by atoms with Crippen molar-refractivity contribution in [1.29, 1.82) is 0 Å². The Hall–Kier alpha value is -3.02. The van der Waals surface area contributed by atoms with Crippen molar-refractivity contribution in [3.8, 4) is 0 Å². The zero-order valence-corrected chi connectivity index (χ0v) is 13.4. The number of hydrogen-bond donors (Lipinski definition) is 2. The van der Waals surface area contributed by atoms with E-state index < -0.39 is 11.9 Å². The number of anilines is 2. The summed E-state index contributed by atoms with van der Waals surface area (Å²) in [6.07, 6.45) is 0. The van der Waals surface area contributed by atoms with Gasteiger partial charge in [0.05, 0.1) is 24.3 Å². The van der Waals surface area contributed by atoms with Gasteiger partial charge in [0, 0.05) is 17.3 Å². The van der Waals surface area contributed by atoms with E-state index in [1.165, 1.54) is 0 Å². The maximum Gasteiger partial charge on any atom is 0.338 e. The highest BCUT2D eigenvalue weighted by molar-refractivity contribution is 5.90. The highest BCUT2D eigenvalue weighted by Crippen LogP contribution is 2.10. The zero-order valence-electron chi connectivity index (χ0n) is 13.4. The van der Waals surface area contributed by atoms with Gasteiger partial charge in [-0.05, 0) is 48.5 Å². The lowest BCUT2D eigenvalue weighted by molar-refractivity contribution is 0.0283. The molecule has 6 heteroatoms. The van der Waals surface area contributed by atoms with E-state index in [-0.39, 0.29) is 19.1 Å². The molecule has 0 aromatic heterocycles. The summed E-state index contributed by atoms with van der Waals surface area (Å²) in [7, 11) is 0. The normalized spacial score (nSPS) is 10.4. The van der Waals surface area contributed by atoms with Crippen molar-refractivity contribution in [2.45, 2.75) is 6.92 Å². The first kappa shape index (κ1) is 17.3. The topological polar surface area (TPSA) is 105 Å². The van der Waals surface area contributed by atoms with E-state index in [0.717, 1.165) is 0 Å². The van der Waals surface area contributed by atoms with E-state index in [1.807, 2.05) is 6.92 Å². The highest BCUT2D eigenvalue weighted by atomic mass is 16.5. The Morgan fingerprint density at radius 2 is 1.12 bits per heavy atom. The second-order valence-electron chi connectivity index (χ2n) is 5.55. The standard InChI is InChI=1S/C18H20N2O4/c1-12(10-23-17(21)13-2-6-15(19)7-3-13)11-24-18(22)14-4-8-16(20)9-5-14/h2-9,12H,10-11,19-20H2,1H3. The minimum Gasteiger partial charge on any atom is -0.462 e. The molecule has 2 aromatic rings. The molecule has 0 heterocycles. The summed E-state index contributed by atoms with van der Waals surface area (Å²) in [4.78, 5) is 23.7. The minimum atomic E-state index is -0.438. The molecule has 24 heavy (non-hydrogen) atoms. The number of nitrogens with two attached hydrogens (primary N) is 2. The van der Waals surface area contributed by atoms with Gasteiger partial charge < -0.3 is 20.9 Å². The lowest BCUT2D eigenvalue weighted by atomic mass is 10.2. The number of benzene rings is 2. The van der Waals surface area contributed by atoms with Gasteiger partial charge in [0.25, 0.3) is 0 Å². The third-order valence-electron chi connectivity index (χ3n) is 3.29. The lowest BCUT2D eigenvalue weighted by Gasteiger charge is -2.13. The highest BCUT2D eigenvalue weighted by Gasteiger charge is 2.13. The third kappa shape index (κ3) is 5.01. The van der Waals surface area contributed by atoms with Gasteiger partial charge in [-0.1, -0.05) is 6.92 Å². The van der Waals surface area contributed by atoms with Crippen molar-refractivity contribution < 1.29 is 19.1 Å². The van der Waals surface area contributed by atoms with Crippen LogP contribution in [-0.2, 0) is 9.47 Å². The first-order chi connectivity index (χ1) is 11.5. The Labute approximate surface area is 140 Å². The summed E-state index contributed by atoms with van der Waals surface area (Å²) in [5.41, 5.74) is 13.1. The van der Waals surface area contributed by atoms with Gasteiger partial charge in [0.1, 0.15) is 0 Å². The van der Waals surface area contributed by atoms with Gasteiger partial charge >= 0.3 is 11.9 Å². The molecule has 0 amide bonds. The van der Waals surface area contributed by atoms with Crippen molar-refractivity contribution in [1.82, 2.24) is 0 Å². The third-order valence-corrected chi connectivity index (χ3v) is 3.29. The Morgan fingerprint density at radius 3 is 1.46 bits per heavy atom. The number of rotatable bonds is 6. The molecule has 0 fully saturated rings. The van der Waals surface area contributed by atoms with Crippen LogP contribution in [0.3, 0.4) is 0 Å². The number of esters is 2. The molecule has 0 spiro atoms. The SMILES string of the molecule is CC(COC(=O)c1ccc(N)cc1)COC(=O)c1ccc(N)cc1. The summed E-state index contributed by atoms with van der Waals surface area (Å²) in [6, 6.07) is 12.9. The largest absolute Gasteiger partial charge is 0.462 e. The van der Waals surface area contributed by atoms with E-state index in [1.54, 1.807) is 48.5 Å². The molecule has 0 unspecified atom stereocenters. The molecule has 2 rings (SSSR count). The van der Waals surface area contributed by atoms with E-state index in [0.29, 0.717) is 22.5 Å². The van der Waals surface area contributed by atoms with Crippen LogP contribution in [0.25, 0.3) is 0 Å². The quantitative estimate of drug-likeness (QED) is 0.623. The average molecular weight is 328 g/mol. The second-order valence-corrected chi connectivity index (χ2v) is 5.55. The maximum absolute atomic E-state index is 11.9. The zero-order chi connectivity index (χ0) is 17.5.